The van der Waals surface area contributed by atoms with E-state index in [2.05, 4.69) is 6.92 Å². The predicted octanol–water partition coefficient (Wildman–Crippen LogP) is 1.13. The van der Waals surface area contributed by atoms with Crippen molar-refractivity contribution in [2.75, 3.05) is 13.6 Å². The van der Waals surface area contributed by atoms with Crippen LogP contribution in [0.3, 0.4) is 0 Å². The summed E-state index contributed by atoms with van der Waals surface area (Å²) in [6.07, 6.45) is 2.93. The number of rotatable bonds is 5. The van der Waals surface area contributed by atoms with Gasteiger partial charge in [-0.1, -0.05) is 20.3 Å². The van der Waals surface area contributed by atoms with Crippen LogP contribution >= 0.6 is 0 Å². The second-order valence-corrected chi connectivity index (χ2v) is 3.40. The summed E-state index contributed by atoms with van der Waals surface area (Å²) in [6, 6.07) is 0. The van der Waals surface area contributed by atoms with E-state index in [-0.39, 0.29) is 5.91 Å². The summed E-state index contributed by atoms with van der Waals surface area (Å²) in [5, 5.41) is 8.31. The Morgan fingerprint density at radius 3 is 2.43 bits per heavy atom. The first-order valence-electron chi connectivity index (χ1n) is 4.63. The molecule has 4 heteroatoms. The summed E-state index contributed by atoms with van der Waals surface area (Å²) in [5.74, 6) is -0.940. The summed E-state index contributed by atoms with van der Waals surface area (Å²) >= 11 is 0. The van der Waals surface area contributed by atoms with Crippen LogP contribution in [0.15, 0.2) is 12.2 Å². The summed E-state index contributed by atoms with van der Waals surface area (Å²) in [4.78, 5) is 22.9. The molecule has 0 aliphatic carbocycles. The Balaban J connectivity index is 4.06. The van der Waals surface area contributed by atoms with E-state index in [1.165, 1.54) is 4.90 Å². The quantitative estimate of drug-likeness (QED) is 0.675. The monoisotopic (exact) mass is 199 g/mol. The molecule has 1 amide bonds. The fraction of sp³-hybridized carbons (Fsp3) is 0.600. The molecule has 80 valence electrons. The number of amides is 1. The van der Waals surface area contributed by atoms with Crippen molar-refractivity contribution >= 4 is 11.9 Å². The van der Waals surface area contributed by atoms with Gasteiger partial charge < -0.3 is 10.0 Å². The largest absolute Gasteiger partial charge is 0.478 e. The first-order chi connectivity index (χ1) is 6.47. The number of aliphatic carboxylic acids is 1. The molecule has 0 radical (unpaired) electrons. The Kier molecular flexibility index (Phi) is 5.60. The molecule has 0 bridgehead atoms. The number of carbonyl (C=O) groups is 2. The molecule has 1 N–H and O–H groups in total. The zero-order valence-electron chi connectivity index (χ0n) is 8.86. The number of carboxylic acids is 1. The molecule has 0 heterocycles. The van der Waals surface area contributed by atoms with Crippen LogP contribution in [0.25, 0.3) is 0 Å². The van der Waals surface area contributed by atoms with Gasteiger partial charge in [0.15, 0.2) is 0 Å². The third kappa shape index (κ3) is 5.35. The zero-order chi connectivity index (χ0) is 11.1. The van der Waals surface area contributed by atoms with Crippen LogP contribution in [0.1, 0.15) is 20.3 Å². The molecule has 0 aromatic heterocycles. The first-order valence-corrected chi connectivity index (χ1v) is 4.63. The first kappa shape index (κ1) is 12.7. The van der Waals surface area contributed by atoms with Gasteiger partial charge in [-0.15, -0.1) is 0 Å². The lowest BCUT2D eigenvalue weighted by Gasteiger charge is -2.18. The predicted molar refractivity (Wildman–Crippen MR) is 53.9 cm³/mol. The minimum absolute atomic E-state index is 0.271. The molecule has 1 unspecified atom stereocenters. The van der Waals surface area contributed by atoms with E-state index in [4.69, 9.17) is 5.11 Å². The van der Waals surface area contributed by atoms with E-state index >= 15 is 0 Å². The number of carbonyl (C=O) groups excluding carboxylic acids is 1. The lowest BCUT2D eigenvalue weighted by molar-refractivity contribution is -0.132. The molecule has 0 saturated carbocycles. The van der Waals surface area contributed by atoms with Crippen LogP contribution in [0, 0.1) is 5.92 Å². The number of likely N-dealkylation sites (N-methyl/N-ethyl adjacent to an activating group) is 1. The fourth-order valence-corrected chi connectivity index (χ4v) is 0.956. The molecule has 0 spiro atoms. The lowest BCUT2D eigenvalue weighted by atomic mass is 10.1. The Bertz CT molecular complexity index is 236. The van der Waals surface area contributed by atoms with E-state index < -0.39 is 5.97 Å². The summed E-state index contributed by atoms with van der Waals surface area (Å²) in [6.45, 7) is 4.75. The Morgan fingerprint density at radius 1 is 1.43 bits per heavy atom. The second-order valence-electron chi connectivity index (χ2n) is 3.40. The fourth-order valence-electron chi connectivity index (χ4n) is 0.956. The third-order valence-electron chi connectivity index (χ3n) is 2.03. The molecule has 1 atom stereocenters. The van der Waals surface area contributed by atoms with Gasteiger partial charge in [-0.2, -0.15) is 0 Å². The maximum absolute atomic E-state index is 11.3. The van der Waals surface area contributed by atoms with Crippen LogP contribution in [0.4, 0.5) is 0 Å². The van der Waals surface area contributed by atoms with E-state index in [0.29, 0.717) is 12.5 Å². The highest BCUT2D eigenvalue weighted by Gasteiger charge is 2.08. The van der Waals surface area contributed by atoms with Crippen molar-refractivity contribution in [1.82, 2.24) is 4.90 Å². The van der Waals surface area contributed by atoms with Gasteiger partial charge in [-0.3, -0.25) is 4.79 Å². The molecular formula is C10H17NO3. The summed E-state index contributed by atoms with van der Waals surface area (Å²) < 4.78 is 0. The maximum atomic E-state index is 11.3. The van der Waals surface area contributed by atoms with E-state index in [9.17, 15) is 9.59 Å². The zero-order valence-corrected chi connectivity index (χ0v) is 8.86. The van der Waals surface area contributed by atoms with E-state index in [1.54, 1.807) is 7.05 Å². The Hall–Kier alpha value is -1.32. The second kappa shape index (κ2) is 6.18. The Morgan fingerprint density at radius 2 is 2.00 bits per heavy atom. The third-order valence-corrected chi connectivity index (χ3v) is 2.03. The van der Waals surface area contributed by atoms with Crippen LogP contribution in [-0.4, -0.2) is 35.5 Å². The van der Waals surface area contributed by atoms with Crippen LogP contribution in [0.5, 0.6) is 0 Å². The van der Waals surface area contributed by atoms with E-state index in [1.807, 2.05) is 6.92 Å². The van der Waals surface area contributed by atoms with Crippen molar-refractivity contribution in [1.29, 1.82) is 0 Å². The highest BCUT2D eigenvalue weighted by molar-refractivity contribution is 5.93. The van der Waals surface area contributed by atoms with Crippen molar-refractivity contribution < 1.29 is 14.7 Å². The molecule has 0 saturated heterocycles. The lowest BCUT2D eigenvalue weighted by Crippen LogP contribution is -2.29. The van der Waals surface area contributed by atoms with Gasteiger partial charge in [0.05, 0.1) is 0 Å². The standard InChI is InChI=1S/C10H17NO3/c1-4-8(2)7-11(3)9(12)5-6-10(13)14/h5-6,8H,4,7H2,1-3H3,(H,13,14)/b6-5+. The SMILES string of the molecule is CCC(C)CN(C)C(=O)/C=C/C(=O)O. The van der Waals surface area contributed by atoms with E-state index in [0.717, 1.165) is 18.6 Å². The molecule has 14 heavy (non-hydrogen) atoms. The maximum Gasteiger partial charge on any atom is 0.328 e. The average molecular weight is 199 g/mol. The van der Waals surface area contributed by atoms with Crippen LogP contribution in [0.2, 0.25) is 0 Å². The average Bonchev–Trinajstić information content (AvgIpc) is 2.13. The number of hydrogen-bond acceptors (Lipinski definition) is 2. The minimum atomic E-state index is -1.10. The van der Waals surface area contributed by atoms with Crippen molar-refractivity contribution in [2.24, 2.45) is 5.92 Å². The topological polar surface area (TPSA) is 57.6 Å². The molecule has 0 fully saturated rings. The normalized spacial score (nSPS) is 12.8. The number of nitrogens with zero attached hydrogens (tertiary/aromatic N) is 1. The van der Waals surface area contributed by atoms with Gasteiger partial charge >= 0.3 is 5.97 Å². The molecule has 4 nitrogen and oxygen atoms in total. The molecule has 0 rings (SSSR count). The van der Waals surface area contributed by atoms with Crippen LogP contribution in [-0.2, 0) is 9.59 Å². The smallest absolute Gasteiger partial charge is 0.328 e. The Labute approximate surface area is 84.2 Å². The summed E-state index contributed by atoms with van der Waals surface area (Å²) in [7, 11) is 1.67. The molecule has 0 aliphatic heterocycles. The molecule has 0 aromatic rings. The number of carboxylic acid groups (broad SMARTS) is 1. The van der Waals surface area contributed by atoms with Crippen LogP contribution < -0.4 is 0 Å². The molecule has 0 aromatic carbocycles. The van der Waals surface area contributed by atoms with Gasteiger partial charge in [0.25, 0.3) is 0 Å². The highest BCUT2D eigenvalue weighted by atomic mass is 16.4. The molecular weight excluding hydrogens is 182 g/mol. The molecule has 0 aliphatic rings. The highest BCUT2D eigenvalue weighted by Crippen LogP contribution is 2.02. The summed E-state index contributed by atoms with van der Waals surface area (Å²) in [5.41, 5.74) is 0. The van der Waals surface area contributed by atoms with Crippen molar-refractivity contribution in [3.05, 3.63) is 12.2 Å². The number of hydrogen-bond donors (Lipinski definition) is 1. The minimum Gasteiger partial charge on any atom is -0.478 e. The van der Waals surface area contributed by atoms with Gasteiger partial charge in [-0.05, 0) is 5.92 Å². The van der Waals surface area contributed by atoms with Crippen molar-refractivity contribution in [3.8, 4) is 0 Å². The van der Waals surface area contributed by atoms with Gasteiger partial charge in [-0.25, -0.2) is 4.79 Å². The van der Waals surface area contributed by atoms with Gasteiger partial charge in [0.1, 0.15) is 0 Å². The van der Waals surface area contributed by atoms with Crippen molar-refractivity contribution in [3.63, 3.8) is 0 Å². The van der Waals surface area contributed by atoms with Gasteiger partial charge in [0.2, 0.25) is 5.91 Å². The van der Waals surface area contributed by atoms with Gasteiger partial charge in [0, 0.05) is 25.7 Å². The van der Waals surface area contributed by atoms with Crippen molar-refractivity contribution in [2.45, 2.75) is 20.3 Å².